The summed E-state index contributed by atoms with van der Waals surface area (Å²) in [5.41, 5.74) is 0.702. The molecule has 0 radical (unpaired) electrons. The number of halogens is 1. The lowest BCUT2D eigenvalue weighted by Gasteiger charge is -2.13. The van der Waals surface area contributed by atoms with Crippen LogP contribution in [-0.4, -0.2) is 34.7 Å². The highest BCUT2D eigenvalue weighted by Crippen LogP contribution is 2.11. The second-order valence-corrected chi connectivity index (χ2v) is 4.21. The van der Waals surface area contributed by atoms with E-state index in [9.17, 15) is 9.59 Å². The number of benzene rings is 1. The average Bonchev–Trinajstić information content (AvgIpc) is 2.28. The van der Waals surface area contributed by atoms with E-state index in [4.69, 9.17) is 21.8 Å². The molecular weight excluding hydrogens is 258 g/mol. The van der Waals surface area contributed by atoms with E-state index < -0.39 is 17.9 Å². The van der Waals surface area contributed by atoms with Crippen LogP contribution in [0.3, 0.4) is 0 Å². The number of carbonyl (C=O) groups excluding carboxylic acids is 1. The molecule has 0 fully saturated rings. The number of amides is 1. The van der Waals surface area contributed by atoms with E-state index in [1.54, 1.807) is 24.3 Å². The van der Waals surface area contributed by atoms with Crippen LogP contribution in [0, 0.1) is 0 Å². The summed E-state index contributed by atoms with van der Waals surface area (Å²) in [5.74, 6) is -1.58. The molecule has 0 aliphatic rings. The Morgan fingerprint density at radius 2 is 2.11 bits per heavy atom. The number of aliphatic carboxylic acids is 1. The van der Waals surface area contributed by atoms with Gasteiger partial charge in [0.15, 0.2) is 0 Å². The van der Waals surface area contributed by atoms with E-state index in [0.717, 1.165) is 0 Å². The lowest BCUT2D eigenvalue weighted by atomic mass is 10.1. The van der Waals surface area contributed by atoms with Crippen LogP contribution >= 0.6 is 11.6 Å². The molecule has 0 bridgehead atoms. The van der Waals surface area contributed by atoms with Crippen LogP contribution < -0.4 is 5.32 Å². The van der Waals surface area contributed by atoms with Crippen LogP contribution in [-0.2, 0) is 16.0 Å². The highest BCUT2D eigenvalue weighted by Gasteiger charge is 2.19. The molecular formula is C12H14ClNO4. The lowest BCUT2D eigenvalue weighted by molar-refractivity contribution is -0.142. The smallest absolute Gasteiger partial charge is 0.326 e. The first-order valence-corrected chi connectivity index (χ1v) is 5.78. The maximum Gasteiger partial charge on any atom is 0.326 e. The minimum absolute atomic E-state index is 0.0172. The van der Waals surface area contributed by atoms with E-state index in [-0.39, 0.29) is 19.4 Å². The summed E-state index contributed by atoms with van der Waals surface area (Å²) >= 11 is 5.78. The Morgan fingerprint density at radius 1 is 1.39 bits per heavy atom. The Hall–Kier alpha value is -1.59. The van der Waals surface area contributed by atoms with Gasteiger partial charge >= 0.3 is 5.97 Å². The van der Waals surface area contributed by atoms with Crippen molar-refractivity contribution < 1.29 is 19.8 Å². The molecule has 0 aliphatic heterocycles. The molecule has 0 saturated carbocycles. The number of aliphatic hydroxyl groups is 1. The number of hydrogen-bond acceptors (Lipinski definition) is 3. The van der Waals surface area contributed by atoms with E-state index >= 15 is 0 Å². The maximum absolute atomic E-state index is 11.6. The Kier molecular flexibility index (Phi) is 5.61. The molecule has 0 aromatic heterocycles. The molecule has 1 amide bonds. The minimum Gasteiger partial charge on any atom is -0.480 e. The van der Waals surface area contributed by atoms with Gasteiger partial charge in [-0.15, -0.1) is 0 Å². The van der Waals surface area contributed by atoms with Gasteiger partial charge in [0.2, 0.25) is 5.91 Å². The summed E-state index contributed by atoms with van der Waals surface area (Å²) in [7, 11) is 0. The summed E-state index contributed by atoms with van der Waals surface area (Å²) in [6.45, 7) is -0.297. The van der Waals surface area contributed by atoms with Gasteiger partial charge < -0.3 is 15.5 Å². The largest absolute Gasteiger partial charge is 0.480 e. The van der Waals surface area contributed by atoms with Gasteiger partial charge in [-0.1, -0.05) is 23.7 Å². The Balaban J connectivity index is 2.57. The number of hydrogen-bond donors (Lipinski definition) is 3. The molecule has 1 aromatic rings. The molecule has 6 heteroatoms. The third-order valence-corrected chi connectivity index (χ3v) is 2.54. The fourth-order valence-electron chi connectivity index (χ4n) is 1.46. The first-order chi connectivity index (χ1) is 8.52. The SMILES string of the molecule is O=C(Cc1cccc(Cl)c1)N[C@H](CCO)C(=O)O. The summed E-state index contributed by atoms with van der Waals surface area (Å²) in [6, 6.07) is 5.71. The van der Waals surface area contributed by atoms with Crippen molar-refractivity contribution in [2.45, 2.75) is 18.9 Å². The monoisotopic (exact) mass is 271 g/mol. The van der Waals surface area contributed by atoms with Gasteiger partial charge in [-0.2, -0.15) is 0 Å². The van der Waals surface area contributed by atoms with E-state index in [1.807, 2.05) is 0 Å². The predicted molar refractivity (Wildman–Crippen MR) is 66.4 cm³/mol. The lowest BCUT2D eigenvalue weighted by Crippen LogP contribution is -2.42. The van der Waals surface area contributed by atoms with Crippen molar-refractivity contribution in [2.24, 2.45) is 0 Å². The van der Waals surface area contributed by atoms with E-state index in [0.29, 0.717) is 10.6 Å². The zero-order valence-electron chi connectivity index (χ0n) is 9.60. The molecule has 0 spiro atoms. The molecule has 0 heterocycles. The number of rotatable bonds is 6. The Labute approximate surface area is 109 Å². The summed E-state index contributed by atoms with van der Waals surface area (Å²) in [6.07, 6.45) is 0.0341. The van der Waals surface area contributed by atoms with Crippen molar-refractivity contribution in [3.05, 3.63) is 34.9 Å². The molecule has 0 aliphatic carbocycles. The third kappa shape index (κ3) is 4.73. The standard InChI is InChI=1S/C12H14ClNO4/c13-9-3-1-2-8(6-9)7-11(16)14-10(4-5-15)12(17)18/h1-3,6,10,15H,4-5,7H2,(H,14,16)(H,17,18)/t10-/m1/s1. The second-order valence-electron chi connectivity index (χ2n) is 3.78. The minimum atomic E-state index is -1.16. The van der Waals surface area contributed by atoms with Crippen molar-refractivity contribution >= 4 is 23.5 Å². The van der Waals surface area contributed by atoms with Crippen molar-refractivity contribution in [3.8, 4) is 0 Å². The molecule has 1 atom stereocenters. The molecule has 98 valence electrons. The first-order valence-electron chi connectivity index (χ1n) is 5.40. The zero-order valence-corrected chi connectivity index (χ0v) is 10.4. The summed E-state index contributed by atoms with van der Waals surface area (Å²) in [4.78, 5) is 22.4. The quantitative estimate of drug-likeness (QED) is 0.715. The van der Waals surface area contributed by atoms with Crippen LogP contribution in [0.15, 0.2) is 24.3 Å². The molecule has 18 heavy (non-hydrogen) atoms. The van der Waals surface area contributed by atoms with Crippen LogP contribution in [0.4, 0.5) is 0 Å². The molecule has 1 aromatic carbocycles. The van der Waals surface area contributed by atoms with Gasteiger partial charge in [-0.3, -0.25) is 4.79 Å². The van der Waals surface area contributed by atoms with Crippen LogP contribution in [0.25, 0.3) is 0 Å². The van der Waals surface area contributed by atoms with Gasteiger partial charge in [0.05, 0.1) is 6.42 Å². The van der Waals surface area contributed by atoms with Gasteiger partial charge in [0, 0.05) is 18.1 Å². The first kappa shape index (κ1) is 14.5. The van der Waals surface area contributed by atoms with Crippen LogP contribution in [0.5, 0.6) is 0 Å². The number of nitrogens with one attached hydrogen (secondary N) is 1. The predicted octanol–water partition coefficient (Wildman–Crippen LogP) is 0.834. The van der Waals surface area contributed by atoms with E-state index in [2.05, 4.69) is 5.32 Å². The topological polar surface area (TPSA) is 86.6 Å². The normalized spacial score (nSPS) is 11.9. The van der Waals surface area contributed by atoms with Gasteiger partial charge in [-0.25, -0.2) is 4.79 Å². The number of carboxylic acid groups (broad SMARTS) is 1. The molecule has 1 rings (SSSR count). The summed E-state index contributed by atoms with van der Waals surface area (Å²) < 4.78 is 0. The fraction of sp³-hybridized carbons (Fsp3) is 0.333. The number of aliphatic hydroxyl groups excluding tert-OH is 1. The van der Waals surface area contributed by atoms with E-state index in [1.165, 1.54) is 0 Å². The maximum atomic E-state index is 11.6. The highest BCUT2D eigenvalue weighted by atomic mass is 35.5. The third-order valence-electron chi connectivity index (χ3n) is 2.30. The average molecular weight is 272 g/mol. The molecule has 5 nitrogen and oxygen atoms in total. The Morgan fingerprint density at radius 3 is 2.67 bits per heavy atom. The highest BCUT2D eigenvalue weighted by molar-refractivity contribution is 6.30. The van der Waals surface area contributed by atoms with Crippen molar-refractivity contribution in [3.63, 3.8) is 0 Å². The Bertz CT molecular complexity index is 436. The van der Waals surface area contributed by atoms with Gasteiger partial charge in [-0.05, 0) is 17.7 Å². The molecule has 0 saturated heterocycles. The number of carbonyl (C=O) groups is 2. The summed E-state index contributed by atoms with van der Waals surface area (Å²) in [5, 5.41) is 20.4. The molecule has 0 unspecified atom stereocenters. The zero-order chi connectivity index (χ0) is 13.5. The van der Waals surface area contributed by atoms with Gasteiger partial charge in [0.25, 0.3) is 0 Å². The second kappa shape index (κ2) is 6.98. The van der Waals surface area contributed by atoms with Gasteiger partial charge in [0.1, 0.15) is 6.04 Å². The van der Waals surface area contributed by atoms with Crippen LogP contribution in [0.2, 0.25) is 5.02 Å². The van der Waals surface area contributed by atoms with Crippen molar-refractivity contribution in [1.29, 1.82) is 0 Å². The fourth-order valence-corrected chi connectivity index (χ4v) is 1.68. The van der Waals surface area contributed by atoms with Crippen LogP contribution in [0.1, 0.15) is 12.0 Å². The van der Waals surface area contributed by atoms with Crippen molar-refractivity contribution in [2.75, 3.05) is 6.61 Å². The molecule has 3 N–H and O–H groups in total. The van der Waals surface area contributed by atoms with Crippen molar-refractivity contribution in [1.82, 2.24) is 5.32 Å². The number of carboxylic acids is 1.